The number of likely N-dealkylation sites (N-methyl/N-ethyl adjacent to an activating group) is 1. The third-order valence-corrected chi connectivity index (χ3v) is 2.26. The van der Waals surface area contributed by atoms with Gasteiger partial charge in [-0.2, -0.15) is 0 Å². The van der Waals surface area contributed by atoms with Crippen LogP contribution in [0.3, 0.4) is 0 Å². The van der Waals surface area contributed by atoms with Gasteiger partial charge in [0, 0.05) is 11.8 Å². The van der Waals surface area contributed by atoms with E-state index < -0.39 is 0 Å². The quantitative estimate of drug-likeness (QED) is 0.641. The number of carbonyl (C=O) groups excluding carboxylic acids is 1. The van der Waals surface area contributed by atoms with Gasteiger partial charge in [-0.05, 0) is 14.1 Å². The van der Waals surface area contributed by atoms with Crippen molar-refractivity contribution in [3.8, 4) is 0 Å². The summed E-state index contributed by atoms with van der Waals surface area (Å²) in [7, 11) is 3.77. The number of aldehydes is 1. The molecular formula is C8H11N2OS. The number of nitrogens with zero attached hydrogens (tertiary/aromatic N) is 2. The van der Waals surface area contributed by atoms with Crippen LogP contribution in [0.15, 0.2) is 5.38 Å². The van der Waals surface area contributed by atoms with Crippen molar-refractivity contribution in [3.63, 3.8) is 0 Å². The molecule has 0 fully saturated rings. The second-order valence-electron chi connectivity index (χ2n) is 2.80. The molecule has 65 valence electrons. The average Bonchev–Trinajstić information content (AvgIpc) is 2.51. The minimum absolute atomic E-state index is 0.0690. The third-order valence-electron chi connectivity index (χ3n) is 1.68. The molecule has 4 heteroatoms. The fourth-order valence-electron chi connectivity index (χ4n) is 0.866. The molecule has 0 spiro atoms. The summed E-state index contributed by atoms with van der Waals surface area (Å²) in [6.45, 7) is 0. The molecule has 0 bridgehead atoms. The lowest BCUT2D eigenvalue weighted by Gasteiger charge is -2.16. The van der Waals surface area contributed by atoms with E-state index in [1.807, 2.05) is 24.4 Å². The number of aromatic nitrogens is 1. The predicted octanol–water partition coefficient (Wildman–Crippen LogP) is 0.615. The van der Waals surface area contributed by atoms with Gasteiger partial charge in [-0.15, -0.1) is 11.3 Å². The van der Waals surface area contributed by atoms with E-state index in [4.69, 9.17) is 0 Å². The molecule has 0 aliphatic carbocycles. The molecule has 0 amide bonds. The van der Waals surface area contributed by atoms with Crippen LogP contribution < -0.4 is 0 Å². The van der Waals surface area contributed by atoms with Crippen molar-refractivity contribution in [1.82, 2.24) is 9.88 Å². The molecule has 0 saturated heterocycles. The fraction of sp³-hybridized carbons (Fsp3) is 0.500. The molecular weight excluding hydrogens is 172 g/mol. The van der Waals surface area contributed by atoms with Crippen LogP contribution in [-0.2, 0) is 11.2 Å². The van der Waals surface area contributed by atoms with Gasteiger partial charge in [0.1, 0.15) is 6.29 Å². The minimum atomic E-state index is -0.0690. The Bertz CT molecular complexity index is 233. The first-order valence-corrected chi connectivity index (χ1v) is 4.54. The van der Waals surface area contributed by atoms with Crippen molar-refractivity contribution in [2.75, 3.05) is 14.1 Å². The van der Waals surface area contributed by atoms with Crippen LogP contribution in [0.5, 0.6) is 0 Å². The van der Waals surface area contributed by atoms with E-state index >= 15 is 0 Å². The van der Waals surface area contributed by atoms with Gasteiger partial charge in [-0.1, -0.05) is 0 Å². The molecule has 1 unspecified atom stereocenters. The van der Waals surface area contributed by atoms with Gasteiger partial charge in [-0.25, -0.2) is 4.98 Å². The Morgan fingerprint density at radius 3 is 3.00 bits per heavy atom. The Hall–Kier alpha value is -0.740. The maximum absolute atomic E-state index is 10.6. The molecule has 1 aromatic heterocycles. The van der Waals surface area contributed by atoms with Crippen LogP contribution in [-0.4, -0.2) is 36.3 Å². The van der Waals surface area contributed by atoms with Crippen molar-refractivity contribution in [2.45, 2.75) is 12.5 Å². The monoisotopic (exact) mass is 183 g/mol. The Labute approximate surface area is 76.0 Å². The summed E-state index contributed by atoms with van der Waals surface area (Å²) >= 11 is 1.43. The van der Waals surface area contributed by atoms with Crippen LogP contribution in [0.4, 0.5) is 0 Å². The summed E-state index contributed by atoms with van der Waals surface area (Å²) in [5.74, 6) is 0. The van der Waals surface area contributed by atoms with Crippen molar-refractivity contribution in [1.29, 1.82) is 0 Å². The van der Waals surface area contributed by atoms with E-state index in [0.717, 1.165) is 12.0 Å². The van der Waals surface area contributed by atoms with E-state index in [1.165, 1.54) is 11.3 Å². The number of carbonyl (C=O) groups is 1. The van der Waals surface area contributed by atoms with Crippen molar-refractivity contribution in [3.05, 3.63) is 16.6 Å². The maximum Gasteiger partial charge on any atom is 0.152 e. The summed E-state index contributed by atoms with van der Waals surface area (Å²) in [5, 5.41) is 1.92. The van der Waals surface area contributed by atoms with Gasteiger partial charge in [0.15, 0.2) is 5.51 Å². The smallest absolute Gasteiger partial charge is 0.152 e. The Kier molecular flexibility index (Phi) is 3.37. The molecule has 0 aliphatic heterocycles. The Morgan fingerprint density at radius 1 is 1.83 bits per heavy atom. The average molecular weight is 183 g/mol. The van der Waals surface area contributed by atoms with E-state index in [0.29, 0.717) is 6.42 Å². The number of hydrogen-bond acceptors (Lipinski definition) is 4. The van der Waals surface area contributed by atoms with Crippen LogP contribution in [0.2, 0.25) is 0 Å². The lowest BCUT2D eigenvalue weighted by atomic mass is 10.2. The normalized spacial score (nSPS) is 13.2. The Balaban J connectivity index is 2.54. The highest BCUT2D eigenvalue weighted by molar-refractivity contribution is 7.07. The second-order valence-corrected chi connectivity index (χ2v) is 3.46. The van der Waals surface area contributed by atoms with Crippen molar-refractivity contribution < 1.29 is 4.79 Å². The van der Waals surface area contributed by atoms with Crippen LogP contribution in [0.1, 0.15) is 5.69 Å². The van der Waals surface area contributed by atoms with Gasteiger partial charge in [0.25, 0.3) is 0 Å². The molecule has 0 N–H and O–H groups in total. The third kappa shape index (κ3) is 2.39. The van der Waals surface area contributed by atoms with Crippen LogP contribution >= 0.6 is 11.3 Å². The molecule has 12 heavy (non-hydrogen) atoms. The van der Waals surface area contributed by atoms with Gasteiger partial charge >= 0.3 is 0 Å². The fourth-order valence-corrected chi connectivity index (χ4v) is 1.37. The predicted molar refractivity (Wildman–Crippen MR) is 48.2 cm³/mol. The summed E-state index contributed by atoms with van der Waals surface area (Å²) < 4.78 is 0. The number of rotatable bonds is 4. The summed E-state index contributed by atoms with van der Waals surface area (Å²) in [4.78, 5) is 16.5. The van der Waals surface area contributed by atoms with E-state index in [9.17, 15) is 4.79 Å². The van der Waals surface area contributed by atoms with Gasteiger partial charge in [0.05, 0.1) is 11.7 Å². The van der Waals surface area contributed by atoms with E-state index in [-0.39, 0.29) is 6.04 Å². The number of hydrogen-bond donors (Lipinski definition) is 0. The molecule has 1 atom stereocenters. The van der Waals surface area contributed by atoms with Crippen LogP contribution in [0, 0.1) is 5.51 Å². The lowest BCUT2D eigenvalue weighted by molar-refractivity contribution is -0.111. The van der Waals surface area contributed by atoms with Gasteiger partial charge in [0.2, 0.25) is 0 Å². The SMILES string of the molecule is CN(C)C(C=O)Cc1cs[c]n1. The zero-order valence-electron chi connectivity index (χ0n) is 7.15. The largest absolute Gasteiger partial charge is 0.302 e. The minimum Gasteiger partial charge on any atom is -0.302 e. The lowest BCUT2D eigenvalue weighted by Crippen LogP contribution is -2.31. The molecule has 3 nitrogen and oxygen atoms in total. The summed E-state index contributed by atoms with van der Waals surface area (Å²) in [6, 6.07) is -0.0690. The molecule has 1 radical (unpaired) electrons. The molecule has 1 heterocycles. The first kappa shape index (κ1) is 9.35. The van der Waals surface area contributed by atoms with Crippen molar-refractivity contribution >= 4 is 17.6 Å². The highest BCUT2D eigenvalue weighted by Gasteiger charge is 2.11. The molecule has 1 aromatic rings. The second kappa shape index (κ2) is 4.33. The first-order chi connectivity index (χ1) is 5.74. The highest BCUT2D eigenvalue weighted by Crippen LogP contribution is 2.05. The maximum atomic E-state index is 10.6. The zero-order valence-corrected chi connectivity index (χ0v) is 7.97. The molecule has 0 aromatic carbocycles. The van der Waals surface area contributed by atoms with E-state index in [2.05, 4.69) is 10.5 Å². The topological polar surface area (TPSA) is 33.2 Å². The summed E-state index contributed by atoms with van der Waals surface area (Å²) in [6.07, 6.45) is 1.62. The first-order valence-electron chi connectivity index (χ1n) is 3.66. The van der Waals surface area contributed by atoms with Gasteiger partial charge in [-0.3, -0.25) is 4.90 Å². The highest BCUT2D eigenvalue weighted by atomic mass is 32.1. The van der Waals surface area contributed by atoms with Crippen molar-refractivity contribution in [2.24, 2.45) is 0 Å². The number of thiazole rings is 1. The van der Waals surface area contributed by atoms with Crippen LogP contribution in [0.25, 0.3) is 0 Å². The molecule has 1 rings (SSSR count). The molecule has 0 saturated carbocycles. The van der Waals surface area contributed by atoms with Gasteiger partial charge < -0.3 is 4.79 Å². The summed E-state index contributed by atoms with van der Waals surface area (Å²) in [5.41, 5.74) is 3.69. The van der Waals surface area contributed by atoms with E-state index in [1.54, 1.807) is 0 Å². The zero-order chi connectivity index (χ0) is 8.97. The Morgan fingerprint density at radius 2 is 2.58 bits per heavy atom. The molecule has 0 aliphatic rings. The standard InChI is InChI=1S/C8H11N2OS/c1-10(2)8(4-11)3-7-5-12-6-9-7/h4-5,8H,3H2,1-2H3.